The third-order valence-corrected chi connectivity index (χ3v) is 10.1. The maximum absolute atomic E-state index is 12.7. The number of unbranched alkanes of at least 4 members (excludes halogenated alkanes) is 24. The summed E-state index contributed by atoms with van der Waals surface area (Å²) in [5.74, 6) is -0.919. The third-order valence-electron chi connectivity index (χ3n) is 10.1. The van der Waals surface area contributed by atoms with Crippen molar-refractivity contribution in [2.45, 2.75) is 232 Å². The molecular formula is C51H88O6. The maximum atomic E-state index is 12.7. The fraction of sp³-hybridized carbons (Fsp3) is 0.745. The van der Waals surface area contributed by atoms with Crippen LogP contribution < -0.4 is 0 Å². The molecular weight excluding hydrogens is 709 g/mol. The fourth-order valence-electron chi connectivity index (χ4n) is 6.49. The second-order valence-corrected chi connectivity index (χ2v) is 15.7. The predicted octanol–water partition coefficient (Wildman–Crippen LogP) is 15.3. The van der Waals surface area contributed by atoms with Crippen LogP contribution in [0, 0.1) is 0 Å². The lowest BCUT2D eigenvalue weighted by Crippen LogP contribution is -2.30. The molecule has 6 heteroatoms. The number of esters is 3. The Balaban J connectivity index is 4.42. The number of rotatable bonds is 42. The number of hydrogen-bond acceptors (Lipinski definition) is 6. The van der Waals surface area contributed by atoms with Gasteiger partial charge in [0.25, 0.3) is 0 Å². The molecule has 6 nitrogen and oxygen atoms in total. The van der Waals surface area contributed by atoms with Crippen LogP contribution in [0.2, 0.25) is 0 Å². The van der Waals surface area contributed by atoms with Crippen LogP contribution >= 0.6 is 0 Å². The molecule has 0 amide bonds. The lowest BCUT2D eigenvalue weighted by atomic mass is 10.1. The molecule has 0 aromatic carbocycles. The first-order valence-corrected chi connectivity index (χ1v) is 23.8. The molecule has 0 fully saturated rings. The summed E-state index contributed by atoms with van der Waals surface area (Å²) in [6.45, 7) is 6.43. The van der Waals surface area contributed by atoms with E-state index in [-0.39, 0.29) is 31.1 Å². The molecule has 0 N–H and O–H groups in total. The summed E-state index contributed by atoms with van der Waals surface area (Å²) in [5, 5.41) is 0. The molecule has 0 spiro atoms. The minimum Gasteiger partial charge on any atom is -0.462 e. The Morgan fingerprint density at radius 2 is 0.684 bits per heavy atom. The average Bonchev–Trinajstić information content (AvgIpc) is 3.21. The monoisotopic (exact) mass is 797 g/mol. The quantitative estimate of drug-likeness (QED) is 0.0265. The highest BCUT2D eigenvalue weighted by atomic mass is 16.6. The van der Waals surface area contributed by atoms with E-state index < -0.39 is 6.10 Å². The van der Waals surface area contributed by atoms with Crippen molar-refractivity contribution in [3.63, 3.8) is 0 Å². The number of carbonyl (C=O) groups is 3. The molecule has 0 rings (SSSR count). The molecule has 57 heavy (non-hydrogen) atoms. The molecule has 1 unspecified atom stereocenters. The molecule has 0 heterocycles. The molecule has 328 valence electrons. The van der Waals surface area contributed by atoms with E-state index in [9.17, 15) is 14.4 Å². The second-order valence-electron chi connectivity index (χ2n) is 15.7. The van der Waals surface area contributed by atoms with E-state index in [1.807, 2.05) is 0 Å². The van der Waals surface area contributed by atoms with Crippen molar-refractivity contribution in [1.29, 1.82) is 0 Å². The highest BCUT2D eigenvalue weighted by Crippen LogP contribution is 2.14. The molecule has 1 atom stereocenters. The molecule has 0 aliphatic heterocycles. The van der Waals surface area contributed by atoms with Gasteiger partial charge in [0, 0.05) is 19.3 Å². The molecule has 0 saturated heterocycles. The van der Waals surface area contributed by atoms with E-state index in [1.54, 1.807) is 0 Å². The lowest BCUT2D eigenvalue weighted by Gasteiger charge is -2.18. The van der Waals surface area contributed by atoms with Crippen LogP contribution in [0.1, 0.15) is 226 Å². The number of ether oxygens (including phenoxy) is 3. The van der Waals surface area contributed by atoms with Gasteiger partial charge in [0.05, 0.1) is 0 Å². The summed E-state index contributed by atoms with van der Waals surface area (Å²) in [7, 11) is 0. The van der Waals surface area contributed by atoms with Gasteiger partial charge in [0.1, 0.15) is 13.2 Å². The molecule has 0 aromatic rings. The smallest absolute Gasteiger partial charge is 0.306 e. The van der Waals surface area contributed by atoms with Gasteiger partial charge < -0.3 is 14.2 Å². The number of hydrogen-bond donors (Lipinski definition) is 0. The van der Waals surface area contributed by atoms with Crippen molar-refractivity contribution >= 4 is 17.9 Å². The van der Waals surface area contributed by atoms with Crippen molar-refractivity contribution in [2.75, 3.05) is 13.2 Å². The van der Waals surface area contributed by atoms with Crippen LogP contribution in [0.5, 0.6) is 0 Å². The van der Waals surface area contributed by atoms with Crippen LogP contribution in [0.3, 0.4) is 0 Å². The Hall–Kier alpha value is -2.89. The van der Waals surface area contributed by atoms with E-state index in [0.717, 1.165) is 89.9 Å². The van der Waals surface area contributed by atoms with Gasteiger partial charge >= 0.3 is 17.9 Å². The molecule has 0 bridgehead atoms. The largest absolute Gasteiger partial charge is 0.462 e. The van der Waals surface area contributed by atoms with Gasteiger partial charge in [-0.25, -0.2) is 0 Å². The van der Waals surface area contributed by atoms with Crippen molar-refractivity contribution in [2.24, 2.45) is 0 Å². The van der Waals surface area contributed by atoms with E-state index >= 15 is 0 Å². The SMILES string of the molecule is CC\C=C/C=C\C=C/CCCCCCCC(=O)OC(COC(=O)CCCCCCCC/C=C\C=C/CCCCC)COC(=O)CCCCCCCCCCCCC. The summed E-state index contributed by atoms with van der Waals surface area (Å²) in [4.78, 5) is 37.8. The zero-order valence-corrected chi connectivity index (χ0v) is 37.3. The lowest BCUT2D eigenvalue weighted by molar-refractivity contribution is -0.167. The Labute approximate surface area is 351 Å². The molecule has 0 aliphatic carbocycles. The summed E-state index contributed by atoms with van der Waals surface area (Å²) in [6, 6.07) is 0. The summed E-state index contributed by atoms with van der Waals surface area (Å²) in [5.41, 5.74) is 0. The Morgan fingerprint density at radius 3 is 1.11 bits per heavy atom. The molecule has 0 aliphatic rings. The Morgan fingerprint density at radius 1 is 0.368 bits per heavy atom. The van der Waals surface area contributed by atoms with Crippen molar-refractivity contribution in [3.8, 4) is 0 Å². The van der Waals surface area contributed by atoms with Gasteiger partial charge in [-0.05, 0) is 64.2 Å². The number of carbonyl (C=O) groups excluding carboxylic acids is 3. The molecule has 0 aromatic heterocycles. The van der Waals surface area contributed by atoms with E-state index in [2.05, 4.69) is 81.5 Å². The fourth-order valence-corrected chi connectivity index (χ4v) is 6.49. The third kappa shape index (κ3) is 44.1. The van der Waals surface area contributed by atoms with Gasteiger partial charge in [-0.3, -0.25) is 14.4 Å². The van der Waals surface area contributed by atoms with Crippen molar-refractivity contribution < 1.29 is 28.6 Å². The van der Waals surface area contributed by atoms with Gasteiger partial charge in [0.2, 0.25) is 0 Å². The zero-order valence-electron chi connectivity index (χ0n) is 37.3. The van der Waals surface area contributed by atoms with E-state index in [0.29, 0.717) is 19.3 Å². The van der Waals surface area contributed by atoms with Gasteiger partial charge in [-0.15, -0.1) is 0 Å². The van der Waals surface area contributed by atoms with E-state index in [1.165, 1.54) is 96.3 Å². The first-order chi connectivity index (χ1) is 28.0. The predicted molar refractivity (Wildman–Crippen MR) is 242 cm³/mol. The van der Waals surface area contributed by atoms with Crippen molar-refractivity contribution in [1.82, 2.24) is 0 Å². The molecule has 0 saturated carbocycles. The summed E-state index contributed by atoms with van der Waals surface area (Å²) in [6.07, 6.45) is 54.8. The minimum atomic E-state index is -0.786. The maximum Gasteiger partial charge on any atom is 0.306 e. The van der Waals surface area contributed by atoms with Gasteiger partial charge in [-0.2, -0.15) is 0 Å². The van der Waals surface area contributed by atoms with Crippen LogP contribution in [-0.2, 0) is 28.6 Å². The van der Waals surface area contributed by atoms with Crippen molar-refractivity contribution in [3.05, 3.63) is 60.8 Å². The van der Waals surface area contributed by atoms with Crippen LogP contribution in [0.25, 0.3) is 0 Å². The molecule has 0 radical (unpaired) electrons. The first-order valence-electron chi connectivity index (χ1n) is 23.8. The summed E-state index contributed by atoms with van der Waals surface area (Å²) < 4.78 is 16.7. The topological polar surface area (TPSA) is 78.9 Å². The second kappa shape index (κ2) is 45.8. The highest BCUT2D eigenvalue weighted by Gasteiger charge is 2.19. The standard InChI is InChI=1S/C51H88O6/c1-4-7-10-13-16-19-22-24-25-27-29-32-35-38-41-44-50(53)56-47-48(46-55-49(52)43-40-37-34-31-28-21-18-15-12-9-6-3)57-51(54)45-42-39-36-33-30-26-23-20-17-14-11-8-5-2/h8,11,14,16-17,19-20,22-24,48H,4-7,9-10,12-13,15,18,21,25-47H2,1-3H3/b11-8-,17-14-,19-16-,23-20-,24-22-. The van der Waals surface area contributed by atoms with Crippen LogP contribution in [-0.4, -0.2) is 37.2 Å². The van der Waals surface area contributed by atoms with Crippen LogP contribution in [0.4, 0.5) is 0 Å². The van der Waals surface area contributed by atoms with E-state index in [4.69, 9.17) is 14.2 Å². The summed E-state index contributed by atoms with van der Waals surface area (Å²) >= 11 is 0. The first kappa shape index (κ1) is 54.1. The highest BCUT2D eigenvalue weighted by molar-refractivity contribution is 5.71. The number of allylic oxidation sites excluding steroid dienone is 10. The minimum absolute atomic E-state index is 0.0854. The normalized spacial score (nSPS) is 12.5. The zero-order chi connectivity index (χ0) is 41.5. The van der Waals surface area contributed by atoms with Gasteiger partial charge in [-0.1, -0.05) is 204 Å². The Kier molecular flexibility index (Phi) is 43.5. The Bertz CT molecular complexity index is 1050. The van der Waals surface area contributed by atoms with Crippen LogP contribution in [0.15, 0.2) is 60.8 Å². The average molecular weight is 797 g/mol. The van der Waals surface area contributed by atoms with Gasteiger partial charge in [0.15, 0.2) is 6.10 Å².